The molecule has 0 saturated carbocycles. The van der Waals surface area contributed by atoms with E-state index < -0.39 is 6.10 Å². The largest absolute Gasteiger partial charge is 0.462 e. The molecular formula is C76H138O6. The van der Waals surface area contributed by atoms with Gasteiger partial charge in [-0.3, -0.25) is 14.4 Å². The van der Waals surface area contributed by atoms with Gasteiger partial charge in [0.15, 0.2) is 6.10 Å². The van der Waals surface area contributed by atoms with Crippen molar-refractivity contribution in [2.75, 3.05) is 13.2 Å². The Balaban J connectivity index is 4.21. The number of ether oxygens (including phenoxy) is 3. The zero-order valence-corrected chi connectivity index (χ0v) is 55.0. The van der Waals surface area contributed by atoms with Crippen LogP contribution in [-0.2, 0) is 28.6 Å². The number of hydrogen-bond donors (Lipinski definition) is 0. The summed E-state index contributed by atoms with van der Waals surface area (Å²) in [6.45, 7) is 6.59. The van der Waals surface area contributed by atoms with Crippen LogP contribution in [0, 0.1) is 0 Å². The molecule has 0 aromatic rings. The molecule has 1 unspecified atom stereocenters. The van der Waals surface area contributed by atoms with Gasteiger partial charge < -0.3 is 14.2 Å². The Bertz CT molecular complexity index is 1460. The lowest BCUT2D eigenvalue weighted by atomic mass is 10.0. The molecule has 0 fully saturated rings. The molecule has 0 aromatic carbocycles. The van der Waals surface area contributed by atoms with Crippen LogP contribution in [0.3, 0.4) is 0 Å². The highest BCUT2D eigenvalue weighted by Gasteiger charge is 2.19. The standard InChI is InChI=1S/C76H138O6/c1-4-7-10-13-16-19-22-25-27-29-31-33-35-37-38-40-41-43-45-47-49-51-54-57-60-63-66-69-75(78)81-72-73(71-80-74(77)68-65-62-59-56-53-24-21-18-15-12-9-6-3)82-76(79)70-67-64-61-58-55-52-50-48-46-44-42-39-36-34-32-30-28-26-23-20-17-14-11-8-5-2/h8,11,17,20,26,28,32,34,39,42,73H,4-7,9-10,12-16,18-19,21-25,27,29-31,33,35-38,40-41,43-72H2,1-3H3/b11-8-,20-17-,28-26-,34-32-,42-39-. The molecule has 6 nitrogen and oxygen atoms in total. The molecule has 0 bridgehead atoms. The Labute approximate surface area is 510 Å². The molecule has 0 aliphatic carbocycles. The smallest absolute Gasteiger partial charge is 0.306 e. The minimum atomic E-state index is -0.776. The first-order valence-corrected chi connectivity index (χ1v) is 36.3. The van der Waals surface area contributed by atoms with Gasteiger partial charge in [0.1, 0.15) is 13.2 Å². The van der Waals surface area contributed by atoms with Crippen LogP contribution in [0.5, 0.6) is 0 Å². The first kappa shape index (κ1) is 79.1. The molecule has 0 saturated heterocycles. The summed E-state index contributed by atoms with van der Waals surface area (Å²) in [6.07, 6.45) is 91.2. The minimum Gasteiger partial charge on any atom is -0.462 e. The number of rotatable bonds is 67. The molecule has 0 heterocycles. The van der Waals surface area contributed by atoms with Crippen LogP contribution in [0.4, 0.5) is 0 Å². The molecule has 0 amide bonds. The van der Waals surface area contributed by atoms with Crippen molar-refractivity contribution in [3.8, 4) is 0 Å². The fourth-order valence-corrected chi connectivity index (χ4v) is 10.9. The van der Waals surface area contributed by atoms with Crippen LogP contribution >= 0.6 is 0 Å². The third kappa shape index (κ3) is 67.9. The third-order valence-corrected chi connectivity index (χ3v) is 16.3. The molecule has 0 aliphatic rings. The van der Waals surface area contributed by atoms with Crippen LogP contribution in [-0.4, -0.2) is 37.2 Å². The molecule has 82 heavy (non-hydrogen) atoms. The monoisotopic (exact) mass is 1150 g/mol. The molecule has 6 heteroatoms. The van der Waals surface area contributed by atoms with Gasteiger partial charge in [-0.1, -0.05) is 364 Å². The van der Waals surface area contributed by atoms with Crippen molar-refractivity contribution in [2.24, 2.45) is 0 Å². The third-order valence-electron chi connectivity index (χ3n) is 16.3. The van der Waals surface area contributed by atoms with Crippen molar-refractivity contribution in [1.82, 2.24) is 0 Å². The average molecular weight is 1150 g/mol. The number of hydrogen-bond acceptors (Lipinski definition) is 6. The average Bonchev–Trinajstić information content (AvgIpc) is 3.47. The molecular weight excluding hydrogens is 1010 g/mol. The van der Waals surface area contributed by atoms with E-state index in [1.54, 1.807) is 0 Å². The number of carbonyl (C=O) groups excluding carboxylic acids is 3. The van der Waals surface area contributed by atoms with E-state index in [0.29, 0.717) is 19.3 Å². The van der Waals surface area contributed by atoms with Gasteiger partial charge in [0.05, 0.1) is 0 Å². The van der Waals surface area contributed by atoms with Gasteiger partial charge in [-0.05, 0) is 64.2 Å². The highest BCUT2D eigenvalue weighted by atomic mass is 16.6. The normalized spacial score (nSPS) is 12.4. The van der Waals surface area contributed by atoms with Crippen LogP contribution in [0.15, 0.2) is 60.8 Å². The fourth-order valence-electron chi connectivity index (χ4n) is 10.9. The maximum atomic E-state index is 13.0. The van der Waals surface area contributed by atoms with E-state index in [9.17, 15) is 14.4 Å². The summed E-state index contributed by atoms with van der Waals surface area (Å²) < 4.78 is 17.0. The summed E-state index contributed by atoms with van der Waals surface area (Å²) in [5, 5.41) is 0. The van der Waals surface area contributed by atoms with Gasteiger partial charge in [-0.2, -0.15) is 0 Å². The van der Waals surface area contributed by atoms with Gasteiger partial charge in [0.25, 0.3) is 0 Å². The van der Waals surface area contributed by atoms with Crippen molar-refractivity contribution in [2.45, 2.75) is 393 Å². The predicted molar refractivity (Wildman–Crippen MR) is 358 cm³/mol. The van der Waals surface area contributed by atoms with E-state index in [1.807, 2.05) is 0 Å². The molecule has 1 atom stereocenters. The fraction of sp³-hybridized carbons (Fsp3) is 0.829. The molecule has 478 valence electrons. The maximum Gasteiger partial charge on any atom is 0.306 e. The molecule has 0 aliphatic heterocycles. The Morgan fingerprint density at radius 2 is 0.476 bits per heavy atom. The number of unbranched alkanes of at least 4 members (excludes halogenated alkanes) is 46. The maximum absolute atomic E-state index is 13.0. The number of allylic oxidation sites excluding steroid dienone is 10. The lowest BCUT2D eigenvalue weighted by Crippen LogP contribution is -2.30. The predicted octanol–water partition coefficient (Wildman–Crippen LogP) is 25.1. The summed E-state index contributed by atoms with van der Waals surface area (Å²) >= 11 is 0. The summed E-state index contributed by atoms with van der Waals surface area (Å²) in [4.78, 5) is 38.4. The lowest BCUT2D eigenvalue weighted by Gasteiger charge is -2.18. The zero-order valence-electron chi connectivity index (χ0n) is 55.0. The van der Waals surface area contributed by atoms with E-state index >= 15 is 0 Å². The van der Waals surface area contributed by atoms with E-state index in [1.165, 1.54) is 250 Å². The number of carbonyl (C=O) groups is 3. The highest BCUT2D eigenvalue weighted by Crippen LogP contribution is 2.19. The molecule has 0 spiro atoms. The van der Waals surface area contributed by atoms with Crippen LogP contribution in [0.2, 0.25) is 0 Å². The first-order valence-electron chi connectivity index (χ1n) is 36.3. The SMILES string of the molecule is CC/C=C\C/C=C\C/C=C\C/C=C\C/C=C\CCCCCCCCCCCC(=O)OC(COC(=O)CCCCCCCCCCCCCC)COC(=O)CCCCCCCCCCCCCCCCCCCCCCCCCCCCC. The quantitative estimate of drug-likeness (QED) is 0.0261. The first-order chi connectivity index (χ1) is 40.5. The highest BCUT2D eigenvalue weighted by molar-refractivity contribution is 5.71. The van der Waals surface area contributed by atoms with Crippen molar-refractivity contribution in [3.63, 3.8) is 0 Å². The van der Waals surface area contributed by atoms with E-state index in [4.69, 9.17) is 14.2 Å². The molecule has 0 N–H and O–H groups in total. The van der Waals surface area contributed by atoms with E-state index in [2.05, 4.69) is 81.5 Å². The van der Waals surface area contributed by atoms with Crippen LogP contribution in [0.1, 0.15) is 387 Å². The molecule has 0 aromatic heterocycles. The van der Waals surface area contributed by atoms with Gasteiger partial charge in [-0.25, -0.2) is 0 Å². The summed E-state index contributed by atoms with van der Waals surface area (Å²) in [6, 6.07) is 0. The van der Waals surface area contributed by atoms with Crippen molar-refractivity contribution >= 4 is 17.9 Å². The van der Waals surface area contributed by atoms with E-state index in [-0.39, 0.29) is 31.1 Å². The Morgan fingerprint density at radius 3 is 0.744 bits per heavy atom. The van der Waals surface area contributed by atoms with Crippen molar-refractivity contribution in [3.05, 3.63) is 60.8 Å². The van der Waals surface area contributed by atoms with Gasteiger partial charge in [-0.15, -0.1) is 0 Å². The Hall–Kier alpha value is -2.89. The summed E-state index contributed by atoms with van der Waals surface area (Å²) in [5.41, 5.74) is 0. The Kier molecular flexibility index (Phi) is 68.1. The van der Waals surface area contributed by atoms with Crippen molar-refractivity contribution < 1.29 is 28.6 Å². The van der Waals surface area contributed by atoms with Gasteiger partial charge in [0.2, 0.25) is 0 Å². The van der Waals surface area contributed by atoms with E-state index in [0.717, 1.165) is 96.3 Å². The van der Waals surface area contributed by atoms with Crippen molar-refractivity contribution in [1.29, 1.82) is 0 Å². The van der Waals surface area contributed by atoms with Gasteiger partial charge >= 0.3 is 17.9 Å². The second-order valence-electron chi connectivity index (χ2n) is 24.5. The van der Waals surface area contributed by atoms with Crippen LogP contribution in [0.25, 0.3) is 0 Å². The second-order valence-corrected chi connectivity index (χ2v) is 24.5. The summed E-state index contributed by atoms with van der Waals surface area (Å²) in [7, 11) is 0. The number of esters is 3. The van der Waals surface area contributed by atoms with Gasteiger partial charge in [0, 0.05) is 19.3 Å². The molecule has 0 radical (unpaired) electrons. The van der Waals surface area contributed by atoms with Crippen LogP contribution < -0.4 is 0 Å². The summed E-state index contributed by atoms with van der Waals surface area (Å²) in [5.74, 6) is -0.851. The second kappa shape index (κ2) is 70.6. The Morgan fingerprint density at radius 1 is 0.256 bits per heavy atom. The lowest BCUT2D eigenvalue weighted by molar-refractivity contribution is -0.167. The zero-order chi connectivity index (χ0) is 59.2. The molecule has 0 rings (SSSR count). The minimum absolute atomic E-state index is 0.0711. The topological polar surface area (TPSA) is 78.9 Å².